The first-order valence-electron chi connectivity index (χ1n) is 19.7. The molecule has 0 saturated heterocycles. The molecule has 12 rings (SSSR count). The van der Waals surface area contributed by atoms with Gasteiger partial charge in [-0.25, -0.2) is 15.0 Å². The highest BCUT2D eigenvalue weighted by Gasteiger charge is 2.51. The second kappa shape index (κ2) is 12.6. The van der Waals surface area contributed by atoms with E-state index < -0.39 is 0 Å². The molecule has 4 bridgehead atoms. The maximum Gasteiger partial charge on any atom is 0.166 e. The van der Waals surface area contributed by atoms with E-state index >= 15 is 0 Å². The summed E-state index contributed by atoms with van der Waals surface area (Å²) in [6.45, 7) is 0. The predicted molar refractivity (Wildman–Crippen MR) is 220 cm³/mol. The topological polar surface area (TPSA) is 67.4 Å². The SMILES string of the molecule is N#Cc1ccc2c(c1)c1cccc(-c3nc(-c4ccc(C56C[C@H]7C[C@@H](C5)C[C@@H](C6)C7)cc4)nc(-c4cccc(-c5ccccc5)c4)n3)c1n2-c1ccccc1. The van der Waals surface area contributed by atoms with Crippen molar-refractivity contribution in [3.8, 4) is 57.0 Å². The van der Waals surface area contributed by atoms with Gasteiger partial charge in [0, 0.05) is 33.2 Å². The van der Waals surface area contributed by atoms with E-state index in [2.05, 4.69) is 132 Å². The minimum absolute atomic E-state index is 0.326. The Balaban J connectivity index is 1.11. The van der Waals surface area contributed by atoms with Crippen LogP contribution in [0.4, 0.5) is 0 Å². The monoisotopic (exact) mass is 709 g/mol. The number of hydrogen-bond acceptors (Lipinski definition) is 4. The summed E-state index contributed by atoms with van der Waals surface area (Å²) < 4.78 is 2.28. The molecular formula is C50H39N5. The van der Waals surface area contributed by atoms with E-state index in [1.165, 1.54) is 44.1 Å². The number of nitriles is 1. The lowest BCUT2D eigenvalue weighted by molar-refractivity contribution is -0.00518. The Morgan fingerprint density at radius 1 is 0.527 bits per heavy atom. The first-order valence-corrected chi connectivity index (χ1v) is 19.7. The van der Waals surface area contributed by atoms with Gasteiger partial charge in [-0.15, -0.1) is 0 Å². The van der Waals surface area contributed by atoms with Crippen LogP contribution in [0.15, 0.2) is 146 Å². The molecule has 8 aromatic rings. The number of fused-ring (bicyclic) bond motifs is 3. The minimum Gasteiger partial charge on any atom is -0.308 e. The van der Waals surface area contributed by atoms with E-state index in [9.17, 15) is 5.26 Å². The molecule has 5 nitrogen and oxygen atoms in total. The van der Waals surface area contributed by atoms with E-state index in [1.54, 1.807) is 0 Å². The van der Waals surface area contributed by atoms with Crippen LogP contribution in [0.2, 0.25) is 0 Å². The summed E-state index contributed by atoms with van der Waals surface area (Å²) >= 11 is 0. The van der Waals surface area contributed by atoms with Crippen LogP contribution < -0.4 is 0 Å². The average molecular weight is 710 g/mol. The Labute approximate surface area is 321 Å². The number of aromatic nitrogens is 4. The van der Waals surface area contributed by atoms with Gasteiger partial charge < -0.3 is 4.57 Å². The van der Waals surface area contributed by atoms with Gasteiger partial charge in [0.1, 0.15) is 0 Å². The fourth-order valence-corrected chi connectivity index (χ4v) is 10.8. The Hall–Kier alpha value is -6.38. The van der Waals surface area contributed by atoms with Gasteiger partial charge in [-0.2, -0.15) is 5.26 Å². The third-order valence-electron chi connectivity index (χ3n) is 12.8. The molecular weight excluding hydrogens is 671 g/mol. The van der Waals surface area contributed by atoms with Gasteiger partial charge >= 0.3 is 0 Å². The molecule has 0 amide bonds. The first kappa shape index (κ1) is 32.1. The summed E-state index contributed by atoms with van der Waals surface area (Å²) in [5, 5.41) is 11.9. The van der Waals surface area contributed by atoms with Gasteiger partial charge in [-0.05, 0) is 121 Å². The fraction of sp³-hybridized carbons (Fsp3) is 0.200. The lowest BCUT2D eigenvalue weighted by Crippen LogP contribution is -2.48. The number of rotatable bonds is 6. The average Bonchev–Trinajstić information content (AvgIpc) is 3.57. The van der Waals surface area contributed by atoms with Crippen molar-refractivity contribution < 1.29 is 0 Å². The van der Waals surface area contributed by atoms with Crippen LogP contribution in [0, 0.1) is 29.1 Å². The molecule has 2 heterocycles. The molecule has 4 fully saturated rings. The van der Waals surface area contributed by atoms with E-state index in [-0.39, 0.29) is 0 Å². The summed E-state index contributed by atoms with van der Waals surface area (Å²) in [6, 6.07) is 53.2. The summed E-state index contributed by atoms with van der Waals surface area (Å²) in [6.07, 6.45) is 8.33. The minimum atomic E-state index is 0.326. The smallest absolute Gasteiger partial charge is 0.166 e. The Kier molecular flexibility index (Phi) is 7.35. The van der Waals surface area contributed by atoms with E-state index in [1.807, 2.05) is 24.3 Å². The number of hydrogen-bond donors (Lipinski definition) is 0. The van der Waals surface area contributed by atoms with Crippen LogP contribution in [0.25, 0.3) is 72.8 Å². The maximum absolute atomic E-state index is 9.86. The molecule has 5 heteroatoms. The zero-order valence-electron chi connectivity index (χ0n) is 30.6. The number of para-hydroxylation sites is 2. The zero-order valence-corrected chi connectivity index (χ0v) is 30.6. The third kappa shape index (κ3) is 5.39. The van der Waals surface area contributed by atoms with Crippen molar-refractivity contribution in [3.63, 3.8) is 0 Å². The van der Waals surface area contributed by atoms with Gasteiger partial charge in [0.05, 0.1) is 22.7 Å². The van der Waals surface area contributed by atoms with Crippen LogP contribution in [0.5, 0.6) is 0 Å². The summed E-state index contributed by atoms with van der Waals surface area (Å²) in [5.74, 6) is 4.59. The van der Waals surface area contributed by atoms with Crippen molar-refractivity contribution in [1.82, 2.24) is 19.5 Å². The van der Waals surface area contributed by atoms with Crippen molar-refractivity contribution in [2.75, 3.05) is 0 Å². The molecule has 0 unspecified atom stereocenters. The fourth-order valence-electron chi connectivity index (χ4n) is 10.8. The van der Waals surface area contributed by atoms with Gasteiger partial charge in [0.25, 0.3) is 0 Å². The molecule has 55 heavy (non-hydrogen) atoms. The second-order valence-electron chi connectivity index (χ2n) is 16.2. The molecule has 2 aromatic heterocycles. The molecule has 4 aliphatic carbocycles. The van der Waals surface area contributed by atoms with Gasteiger partial charge in [0.15, 0.2) is 17.5 Å². The lowest BCUT2D eigenvalue weighted by atomic mass is 9.48. The highest BCUT2D eigenvalue weighted by molar-refractivity contribution is 6.13. The number of benzene rings is 6. The molecule has 0 spiro atoms. The lowest BCUT2D eigenvalue weighted by Gasteiger charge is -2.57. The van der Waals surface area contributed by atoms with Crippen molar-refractivity contribution in [2.45, 2.75) is 43.9 Å². The molecule has 0 N–H and O–H groups in total. The van der Waals surface area contributed by atoms with Crippen LogP contribution in [-0.2, 0) is 5.41 Å². The predicted octanol–water partition coefficient (Wildman–Crippen LogP) is 12.0. The van der Waals surface area contributed by atoms with Crippen LogP contribution >= 0.6 is 0 Å². The molecule has 0 atom stereocenters. The second-order valence-corrected chi connectivity index (χ2v) is 16.2. The Morgan fingerprint density at radius 2 is 1.15 bits per heavy atom. The molecule has 6 aromatic carbocycles. The molecule has 4 saturated carbocycles. The summed E-state index contributed by atoms with van der Waals surface area (Å²) in [7, 11) is 0. The van der Waals surface area contributed by atoms with Gasteiger partial charge in [-0.1, -0.05) is 103 Å². The quantitative estimate of drug-likeness (QED) is 0.172. The van der Waals surface area contributed by atoms with Crippen molar-refractivity contribution in [2.24, 2.45) is 17.8 Å². The maximum atomic E-state index is 9.86. The van der Waals surface area contributed by atoms with E-state index in [4.69, 9.17) is 15.0 Å². The molecule has 0 aliphatic heterocycles. The van der Waals surface area contributed by atoms with E-state index in [0.717, 1.165) is 73.1 Å². The largest absolute Gasteiger partial charge is 0.308 e. The van der Waals surface area contributed by atoms with Crippen molar-refractivity contribution >= 4 is 21.8 Å². The molecule has 4 aliphatic rings. The summed E-state index contributed by atoms with van der Waals surface area (Å²) in [4.78, 5) is 15.8. The highest BCUT2D eigenvalue weighted by atomic mass is 15.0. The first-order chi connectivity index (χ1) is 27.1. The molecule has 0 radical (unpaired) electrons. The number of nitrogens with zero attached hydrogens (tertiary/aromatic N) is 5. The van der Waals surface area contributed by atoms with Crippen LogP contribution in [0.1, 0.15) is 49.7 Å². The zero-order chi connectivity index (χ0) is 36.5. The molecule has 264 valence electrons. The Morgan fingerprint density at radius 3 is 1.85 bits per heavy atom. The van der Waals surface area contributed by atoms with Gasteiger partial charge in [0.2, 0.25) is 0 Å². The normalized spacial score (nSPS) is 21.3. The van der Waals surface area contributed by atoms with Gasteiger partial charge in [-0.3, -0.25) is 0 Å². The van der Waals surface area contributed by atoms with Crippen LogP contribution in [0.3, 0.4) is 0 Å². The van der Waals surface area contributed by atoms with Crippen LogP contribution in [-0.4, -0.2) is 19.5 Å². The van der Waals surface area contributed by atoms with Crippen molar-refractivity contribution in [1.29, 1.82) is 5.26 Å². The van der Waals surface area contributed by atoms with Crippen molar-refractivity contribution in [3.05, 3.63) is 157 Å². The third-order valence-corrected chi connectivity index (χ3v) is 12.8. The van der Waals surface area contributed by atoms with E-state index in [0.29, 0.717) is 28.5 Å². The highest BCUT2D eigenvalue weighted by Crippen LogP contribution is 2.60. The standard InChI is InChI=1S/C50H39N5/c51-31-32-17-22-45-44(26-32)42-15-8-16-43(46(42)55(45)41-13-5-2-6-14-41)49-53-47(52-48(54-49)39-12-7-11-38(27-39)36-9-3-1-4-10-36)37-18-20-40(21-19-37)50-28-33-23-34(29-50)25-35(24-33)30-50/h1-22,26-27,33-35H,23-25,28-30H2/t33-,34+,35-,50?. The summed E-state index contributed by atoms with van der Waals surface area (Å²) in [5.41, 5.74) is 10.6. The Bertz CT molecular complexity index is 2760.